The predicted octanol–water partition coefficient (Wildman–Crippen LogP) is 3.48. The van der Waals surface area contributed by atoms with Crippen LogP contribution in [0.2, 0.25) is 0 Å². The first-order chi connectivity index (χ1) is 13.0. The van der Waals surface area contributed by atoms with Gasteiger partial charge in [-0.15, -0.1) is 0 Å². The first-order valence-electron chi connectivity index (χ1n) is 7.98. The van der Waals surface area contributed by atoms with Crippen LogP contribution in [0.15, 0.2) is 48.9 Å². The Morgan fingerprint density at radius 2 is 1.78 bits per heavy atom. The van der Waals surface area contributed by atoms with Crippen molar-refractivity contribution in [2.24, 2.45) is 0 Å². The Labute approximate surface area is 154 Å². The molecule has 8 heteroatoms. The third kappa shape index (κ3) is 4.41. The Hall–Kier alpha value is -3.42. The Bertz CT molecular complexity index is 952. The molecule has 0 unspecified atom stereocenters. The van der Waals surface area contributed by atoms with Gasteiger partial charge in [0, 0.05) is 24.4 Å². The van der Waals surface area contributed by atoms with Gasteiger partial charge in [0.2, 0.25) is 0 Å². The topological polar surface area (TPSA) is 65.4 Å². The van der Waals surface area contributed by atoms with Crippen LogP contribution >= 0.6 is 0 Å². The van der Waals surface area contributed by atoms with Crippen LogP contribution in [0.4, 0.5) is 14.6 Å². The van der Waals surface area contributed by atoms with E-state index in [0.717, 1.165) is 6.07 Å². The molecular weight excluding hydrogens is 356 g/mol. The molecule has 0 aliphatic rings. The summed E-state index contributed by atoms with van der Waals surface area (Å²) in [6.45, 7) is 0.216. The fourth-order valence-corrected chi connectivity index (χ4v) is 2.59. The SMILES string of the molecule is COc1ccc(C(=O)Nc2cn(Cc3cc(F)cc(F)c3)cn2)cc1OC. The van der Waals surface area contributed by atoms with Gasteiger partial charge in [-0.05, 0) is 35.9 Å². The van der Waals surface area contributed by atoms with Gasteiger partial charge in [0.15, 0.2) is 17.3 Å². The van der Waals surface area contributed by atoms with Gasteiger partial charge in [-0.3, -0.25) is 4.79 Å². The third-order valence-corrected chi connectivity index (χ3v) is 3.81. The summed E-state index contributed by atoms with van der Waals surface area (Å²) in [4.78, 5) is 16.5. The standard InChI is InChI=1S/C19H17F2N3O3/c1-26-16-4-3-13(7-17(16)27-2)19(25)23-18-10-24(11-22-18)9-12-5-14(20)8-15(21)6-12/h3-8,10-11H,9H2,1-2H3,(H,23,25). The number of aromatic nitrogens is 2. The van der Waals surface area contributed by atoms with Crippen LogP contribution in [0.3, 0.4) is 0 Å². The zero-order valence-electron chi connectivity index (χ0n) is 14.7. The number of methoxy groups -OCH3 is 2. The average molecular weight is 373 g/mol. The second-order valence-corrected chi connectivity index (χ2v) is 5.73. The monoisotopic (exact) mass is 373 g/mol. The van der Waals surface area contributed by atoms with E-state index in [1.54, 1.807) is 29.0 Å². The van der Waals surface area contributed by atoms with Crippen molar-refractivity contribution >= 4 is 11.7 Å². The summed E-state index contributed by atoms with van der Waals surface area (Å²) in [7, 11) is 2.99. The highest BCUT2D eigenvalue weighted by molar-refractivity contribution is 6.04. The Morgan fingerprint density at radius 3 is 2.44 bits per heavy atom. The molecule has 6 nitrogen and oxygen atoms in total. The lowest BCUT2D eigenvalue weighted by atomic mass is 10.2. The zero-order valence-corrected chi connectivity index (χ0v) is 14.7. The van der Waals surface area contributed by atoms with Gasteiger partial charge in [-0.1, -0.05) is 0 Å². The number of hydrogen-bond acceptors (Lipinski definition) is 4. The van der Waals surface area contributed by atoms with Crippen LogP contribution in [-0.4, -0.2) is 29.7 Å². The predicted molar refractivity (Wildman–Crippen MR) is 95.2 cm³/mol. The number of hydrogen-bond donors (Lipinski definition) is 1. The highest BCUT2D eigenvalue weighted by atomic mass is 19.1. The maximum Gasteiger partial charge on any atom is 0.256 e. The van der Waals surface area contributed by atoms with E-state index in [-0.39, 0.29) is 12.5 Å². The molecule has 0 radical (unpaired) electrons. The van der Waals surface area contributed by atoms with Crippen LogP contribution < -0.4 is 14.8 Å². The molecule has 0 aliphatic heterocycles. The van der Waals surface area contributed by atoms with Crippen molar-refractivity contribution in [3.63, 3.8) is 0 Å². The maximum absolute atomic E-state index is 13.3. The summed E-state index contributed by atoms with van der Waals surface area (Å²) in [5.41, 5.74) is 0.817. The van der Waals surface area contributed by atoms with E-state index in [1.807, 2.05) is 0 Å². The van der Waals surface area contributed by atoms with Gasteiger partial charge in [0.05, 0.1) is 20.5 Å². The number of halogens is 2. The number of carbonyl (C=O) groups excluding carboxylic acids is 1. The molecule has 0 atom stereocenters. The molecule has 140 valence electrons. The Kier molecular flexibility index (Phi) is 5.35. The van der Waals surface area contributed by atoms with Crippen molar-refractivity contribution in [1.82, 2.24) is 9.55 Å². The third-order valence-electron chi connectivity index (χ3n) is 3.81. The van der Waals surface area contributed by atoms with Crippen molar-refractivity contribution in [2.45, 2.75) is 6.54 Å². The molecule has 27 heavy (non-hydrogen) atoms. The molecule has 1 amide bonds. The molecule has 0 bridgehead atoms. The number of benzene rings is 2. The second-order valence-electron chi connectivity index (χ2n) is 5.73. The van der Waals surface area contributed by atoms with Gasteiger partial charge in [0.1, 0.15) is 11.6 Å². The number of rotatable bonds is 6. The Morgan fingerprint density at radius 1 is 1.07 bits per heavy atom. The van der Waals surface area contributed by atoms with Crippen molar-refractivity contribution < 1.29 is 23.0 Å². The van der Waals surface area contributed by atoms with Gasteiger partial charge >= 0.3 is 0 Å². The lowest BCUT2D eigenvalue weighted by Crippen LogP contribution is -2.12. The summed E-state index contributed by atoms with van der Waals surface area (Å²) in [5, 5.41) is 2.66. The first kappa shape index (κ1) is 18.4. The van der Waals surface area contributed by atoms with Crippen LogP contribution in [0.5, 0.6) is 11.5 Å². The van der Waals surface area contributed by atoms with Crippen LogP contribution in [-0.2, 0) is 6.54 Å². The number of imidazole rings is 1. The van der Waals surface area contributed by atoms with Crippen molar-refractivity contribution in [1.29, 1.82) is 0 Å². The minimum atomic E-state index is -0.646. The largest absolute Gasteiger partial charge is 0.493 e. The van der Waals surface area contributed by atoms with E-state index in [4.69, 9.17) is 9.47 Å². The van der Waals surface area contributed by atoms with Crippen LogP contribution in [0.25, 0.3) is 0 Å². The normalized spacial score (nSPS) is 10.5. The van der Waals surface area contributed by atoms with E-state index >= 15 is 0 Å². The molecule has 1 N–H and O–H groups in total. The zero-order chi connectivity index (χ0) is 19.4. The van der Waals surface area contributed by atoms with E-state index in [1.165, 1.54) is 32.7 Å². The molecular formula is C19H17F2N3O3. The smallest absolute Gasteiger partial charge is 0.256 e. The first-order valence-corrected chi connectivity index (χ1v) is 7.98. The number of nitrogens with one attached hydrogen (secondary N) is 1. The maximum atomic E-state index is 13.3. The van der Waals surface area contributed by atoms with E-state index in [9.17, 15) is 13.6 Å². The highest BCUT2D eigenvalue weighted by Crippen LogP contribution is 2.27. The van der Waals surface area contributed by atoms with Gasteiger partial charge in [0.25, 0.3) is 5.91 Å². The van der Waals surface area contributed by atoms with E-state index in [0.29, 0.717) is 28.4 Å². The quantitative estimate of drug-likeness (QED) is 0.719. The highest BCUT2D eigenvalue weighted by Gasteiger charge is 2.12. The molecule has 0 saturated carbocycles. The number of carbonyl (C=O) groups is 1. The second kappa shape index (κ2) is 7.86. The Balaban J connectivity index is 1.71. The summed E-state index contributed by atoms with van der Waals surface area (Å²) in [6.07, 6.45) is 3.04. The molecule has 0 aliphatic carbocycles. The van der Waals surface area contributed by atoms with Crippen molar-refractivity contribution in [3.05, 3.63) is 71.7 Å². The number of ether oxygens (including phenoxy) is 2. The molecule has 1 aromatic heterocycles. The molecule has 1 heterocycles. The minimum Gasteiger partial charge on any atom is -0.493 e. The summed E-state index contributed by atoms with van der Waals surface area (Å²) < 4.78 is 38.5. The number of nitrogens with zero attached hydrogens (tertiary/aromatic N) is 2. The van der Waals surface area contributed by atoms with Crippen molar-refractivity contribution in [2.75, 3.05) is 19.5 Å². The fraction of sp³-hybridized carbons (Fsp3) is 0.158. The molecule has 0 fully saturated rings. The molecule has 3 aromatic rings. The van der Waals surface area contributed by atoms with Gasteiger partial charge < -0.3 is 19.4 Å². The fourth-order valence-electron chi connectivity index (χ4n) is 2.59. The van der Waals surface area contributed by atoms with E-state index < -0.39 is 11.6 Å². The molecule has 2 aromatic carbocycles. The lowest BCUT2D eigenvalue weighted by Gasteiger charge is -2.09. The number of anilines is 1. The average Bonchev–Trinajstić information content (AvgIpc) is 3.06. The van der Waals surface area contributed by atoms with Gasteiger partial charge in [-0.25, -0.2) is 13.8 Å². The van der Waals surface area contributed by atoms with Crippen LogP contribution in [0, 0.1) is 11.6 Å². The van der Waals surface area contributed by atoms with E-state index in [2.05, 4.69) is 10.3 Å². The number of amides is 1. The van der Waals surface area contributed by atoms with Gasteiger partial charge in [-0.2, -0.15) is 0 Å². The van der Waals surface area contributed by atoms with Crippen LogP contribution in [0.1, 0.15) is 15.9 Å². The summed E-state index contributed by atoms with van der Waals surface area (Å²) in [6, 6.07) is 8.08. The van der Waals surface area contributed by atoms with Crippen molar-refractivity contribution in [3.8, 4) is 11.5 Å². The minimum absolute atomic E-state index is 0.216. The molecule has 0 saturated heterocycles. The summed E-state index contributed by atoms with van der Waals surface area (Å²) in [5.74, 6) is -0.409. The molecule has 0 spiro atoms. The molecule has 3 rings (SSSR count). The lowest BCUT2D eigenvalue weighted by molar-refractivity contribution is 0.102. The summed E-state index contributed by atoms with van der Waals surface area (Å²) >= 11 is 0.